The molecule has 1 aliphatic rings. The van der Waals surface area contributed by atoms with Crippen molar-refractivity contribution in [1.29, 1.82) is 0 Å². The number of fused-ring (bicyclic) bond motifs is 1. The van der Waals surface area contributed by atoms with E-state index in [4.69, 9.17) is 4.52 Å². The van der Waals surface area contributed by atoms with Gasteiger partial charge in [0.2, 0.25) is 11.7 Å². The van der Waals surface area contributed by atoms with Gasteiger partial charge in [-0.25, -0.2) is 0 Å². The van der Waals surface area contributed by atoms with Crippen molar-refractivity contribution in [3.63, 3.8) is 0 Å². The molecule has 0 aromatic carbocycles. The van der Waals surface area contributed by atoms with E-state index in [0.29, 0.717) is 17.3 Å². The Hall–Kier alpha value is -3.03. The van der Waals surface area contributed by atoms with Crippen molar-refractivity contribution in [3.8, 4) is 11.4 Å². The summed E-state index contributed by atoms with van der Waals surface area (Å²) in [6.45, 7) is 2.69. The largest absolute Gasteiger partial charge is 0.340 e. The van der Waals surface area contributed by atoms with E-state index in [9.17, 15) is 4.79 Å². The number of aryl methyl sites for hydroxylation is 1. The number of hydrogen-bond acceptors (Lipinski definition) is 6. The summed E-state index contributed by atoms with van der Waals surface area (Å²) in [5.41, 5.74) is 2.39. The maximum absolute atomic E-state index is 12.6. The van der Waals surface area contributed by atoms with Gasteiger partial charge in [-0.3, -0.25) is 14.5 Å². The molecule has 128 valence electrons. The van der Waals surface area contributed by atoms with Crippen molar-refractivity contribution in [1.82, 2.24) is 30.2 Å². The van der Waals surface area contributed by atoms with Crippen molar-refractivity contribution in [2.75, 3.05) is 0 Å². The number of hydrogen-bond donors (Lipinski definition) is 1. The Labute approximate surface area is 144 Å². The van der Waals surface area contributed by atoms with Crippen molar-refractivity contribution >= 4 is 5.91 Å². The van der Waals surface area contributed by atoms with Crippen LogP contribution < -0.4 is 5.32 Å². The first-order valence-corrected chi connectivity index (χ1v) is 8.32. The molecule has 25 heavy (non-hydrogen) atoms. The first-order chi connectivity index (χ1) is 12.2. The molecule has 3 aromatic rings. The van der Waals surface area contributed by atoms with E-state index in [1.165, 1.54) is 0 Å². The lowest BCUT2D eigenvalue weighted by Crippen LogP contribution is -2.28. The fourth-order valence-corrected chi connectivity index (χ4v) is 2.97. The fourth-order valence-electron chi connectivity index (χ4n) is 2.97. The minimum Gasteiger partial charge on any atom is -0.340 e. The molecule has 0 aliphatic carbocycles. The monoisotopic (exact) mass is 338 g/mol. The highest BCUT2D eigenvalue weighted by Gasteiger charge is 2.23. The molecule has 0 bridgehead atoms. The van der Waals surface area contributed by atoms with Crippen LogP contribution in [0.3, 0.4) is 0 Å². The quantitative estimate of drug-likeness (QED) is 0.782. The highest BCUT2D eigenvalue weighted by Crippen LogP contribution is 2.20. The summed E-state index contributed by atoms with van der Waals surface area (Å²) < 4.78 is 7.20. The van der Waals surface area contributed by atoms with E-state index in [1.807, 2.05) is 17.7 Å². The standard InChI is InChI=1S/C17H18N6O2/c1-11(17-21-15(22-25-17)12-5-4-7-18-9-12)20-16(24)13-10-19-23-8-3-2-6-14(13)23/h4-5,7,9-11H,2-3,6,8H2,1H3,(H,20,24). The predicted molar refractivity (Wildman–Crippen MR) is 88.6 cm³/mol. The number of amides is 1. The van der Waals surface area contributed by atoms with Gasteiger partial charge in [0.25, 0.3) is 5.91 Å². The van der Waals surface area contributed by atoms with Gasteiger partial charge in [-0.1, -0.05) is 5.16 Å². The lowest BCUT2D eigenvalue weighted by atomic mass is 10.1. The van der Waals surface area contributed by atoms with E-state index < -0.39 is 6.04 Å². The fraction of sp³-hybridized carbons (Fsp3) is 0.353. The summed E-state index contributed by atoms with van der Waals surface area (Å²) >= 11 is 0. The van der Waals surface area contributed by atoms with E-state index in [0.717, 1.165) is 37.1 Å². The highest BCUT2D eigenvalue weighted by atomic mass is 16.5. The number of pyridine rings is 1. The van der Waals surface area contributed by atoms with E-state index >= 15 is 0 Å². The minimum atomic E-state index is -0.399. The summed E-state index contributed by atoms with van der Waals surface area (Å²) in [5.74, 6) is 0.636. The molecule has 1 atom stereocenters. The molecule has 1 aliphatic heterocycles. The molecule has 0 spiro atoms. The molecular weight excluding hydrogens is 320 g/mol. The number of nitrogens with zero attached hydrogens (tertiary/aromatic N) is 5. The van der Waals surface area contributed by atoms with E-state index in [-0.39, 0.29) is 5.91 Å². The Kier molecular flexibility index (Phi) is 4.01. The molecule has 8 heteroatoms. The first-order valence-electron chi connectivity index (χ1n) is 8.32. The average molecular weight is 338 g/mol. The summed E-state index contributed by atoms with van der Waals surface area (Å²) in [4.78, 5) is 21.0. The van der Waals surface area contributed by atoms with E-state index in [1.54, 1.807) is 24.7 Å². The summed E-state index contributed by atoms with van der Waals surface area (Å²) in [6, 6.07) is 3.26. The van der Waals surface area contributed by atoms with Gasteiger partial charge in [-0.2, -0.15) is 10.1 Å². The van der Waals surface area contributed by atoms with Gasteiger partial charge in [0.05, 0.1) is 17.5 Å². The average Bonchev–Trinajstić information content (AvgIpc) is 3.30. The van der Waals surface area contributed by atoms with Crippen LogP contribution >= 0.6 is 0 Å². The topological polar surface area (TPSA) is 98.7 Å². The molecule has 0 fully saturated rings. The second kappa shape index (κ2) is 6.46. The number of nitrogens with one attached hydrogen (secondary N) is 1. The number of carbonyl (C=O) groups is 1. The van der Waals surface area contributed by atoms with Crippen LogP contribution in [0.2, 0.25) is 0 Å². The molecule has 0 saturated heterocycles. The summed E-state index contributed by atoms with van der Waals surface area (Å²) in [6.07, 6.45) is 8.04. The Bertz CT molecular complexity index is 886. The second-order valence-electron chi connectivity index (χ2n) is 6.08. The zero-order valence-corrected chi connectivity index (χ0v) is 13.8. The van der Waals surface area contributed by atoms with Gasteiger partial charge in [0.15, 0.2) is 0 Å². The van der Waals surface area contributed by atoms with E-state index in [2.05, 4.69) is 25.5 Å². The molecule has 1 N–H and O–H groups in total. The molecule has 3 aromatic heterocycles. The molecule has 1 amide bonds. The van der Waals surface area contributed by atoms with Gasteiger partial charge >= 0.3 is 0 Å². The maximum Gasteiger partial charge on any atom is 0.255 e. The van der Waals surface area contributed by atoms with Crippen LogP contribution in [0.25, 0.3) is 11.4 Å². The second-order valence-corrected chi connectivity index (χ2v) is 6.08. The van der Waals surface area contributed by atoms with Crippen molar-refractivity contribution in [3.05, 3.63) is 47.9 Å². The summed E-state index contributed by atoms with van der Waals surface area (Å²) in [7, 11) is 0. The first kappa shape index (κ1) is 15.5. The molecule has 0 saturated carbocycles. The molecule has 4 heterocycles. The normalized spacial score (nSPS) is 14.8. The Morgan fingerprint density at radius 3 is 3.12 bits per heavy atom. The number of aromatic nitrogens is 5. The van der Waals surface area contributed by atoms with Crippen LogP contribution in [0.1, 0.15) is 47.7 Å². The SMILES string of the molecule is CC(NC(=O)c1cnn2c1CCCC2)c1nc(-c2cccnc2)no1. The summed E-state index contributed by atoms with van der Waals surface area (Å²) in [5, 5.41) is 11.2. The predicted octanol–water partition coefficient (Wildman–Crippen LogP) is 2.16. The van der Waals surface area contributed by atoms with Crippen LogP contribution in [0, 0.1) is 0 Å². The van der Waals surface area contributed by atoms with Crippen LogP contribution in [0.15, 0.2) is 35.2 Å². The molecular formula is C17H18N6O2. The Morgan fingerprint density at radius 1 is 1.36 bits per heavy atom. The minimum absolute atomic E-state index is 0.170. The Morgan fingerprint density at radius 2 is 2.28 bits per heavy atom. The zero-order valence-electron chi connectivity index (χ0n) is 13.8. The van der Waals surface area contributed by atoms with Crippen molar-refractivity contribution in [2.24, 2.45) is 0 Å². The third kappa shape index (κ3) is 3.02. The zero-order chi connectivity index (χ0) is 17.2. The molecule has 4 rings (SSSR count). The van der Waals surface area contributed by atoms with Crippen molar-refractivity contribution in [2.45, 2.75) is 38.8 Å². The number of carbonyl (C=O) groups excluding carboxylic acids is 1. The van der Waals surface area contributed by atoms with Crippen LogP contribution in [-0.2, 0) is 13.0 Å². The molecule has 0 radical (unpaired) electrons. The Balaban J connectivity index is 1.49. The third-order valence-electron chi connectivity index (χ3n) is 4.31. The van der Waals surface area contributed by atoms with Gasteiger partial charge in [0, 0.05) is 24.5 Å². The third-order valence-corrected chi connectivity index (χ3v) is 4.31. The lowest BCUT2D eigenvalue weighted by molar-refractivity contribution is 0.0931. The molecule has 1 unspecified atom stereocenters. The van der Waals surface area contributed by atoms with Gasteiger partial charge < -0.3 is 9.84 Å². The number of rotatable bonds is 4. The lowest BCUT2D eigenvalue weighted by Gasteiger charge is -2.15. The maximum atomic E-state index is 12.6. The molecule has 8 nitrogen and oxygen atoms in total. The van der Waals surface area contributed by atoms with Gasteiger partial charge in [0.1, 0.15) is 6.04 Å². The van der Waals surface area contributed by atoms with Gasteiger partial charge in [-0.05, 0) is 38.3 Å². The highest BCUT2D eigenvalue weighted by molar-refractivity contribution is 5.95. The smallest absolute Gasteiger partial charge is 0.255 e. The van der Waals surface area contributed by atoms with Crippen LogP contribution in [0.4, 0.5) is 0 Å². The van der Waals surface area contributed by atoms with Crippen molar-refractivity contribution < 1.29 is 9.32 Å². The van der Waals surface area contributed by atoms with Crippen LogP contribution in [-0.4, -0.2) is 30.8 Å². The van der Waals surface area contributed by atoms with Gasteiger partial charge in [-0.15, -0.1) is 0 Å². The van der Waals surface area contributed by atoms with Crippen LogP contribution in [0.5, 0.6) is 0 Å².